The van der Waals surface area contributed by atoms with Crippen molar-refractivity contribution in [2.75, 3.05) is 11.9 Å². The number of anilines is 1. The Kier molecular flexibility index (Phi) is 4.57. The molecule has 23 heavy (non-hydrogen) atoms. The van der Waals surface area contributed by atoms with Crippen molar-refractivity contribution in [1.82, 2.24) is 0 Å². The molecule has 3 aromatic carbocycles. The van der Waals surface area contributed by atoms with E-state index in [1.807, 2.05) is 67.6 Å². The predicted octanol–water partition coefficient (Wildman–Crippen LogP) is 4.56. The summed E-state index contributed by atoms with van der Waals surface area (Å²) in [5.41, 5.74) is 1.81. The monoisotopic (exact) mass is 305 g/mol. The molecule has 0 aromatic heterocycles. The summed E-state index contributed by atoms with van der Waals surface area (Å²) in [6.45, 7) is 2.18. The zero-order valence-electron chi connectivity index (χ0n) is 13.0. The van der Waals surface area contributed by atoms with Gasteiger partial charge in [0.05, 0.1) is 6.61 Å². The van der Waals surface area contributed by atoms with Crippen LogP contribution in [0.4, 0.5) is 5.69 Å². The number of hydrogen-bond acceptors (Lipinski definition) is 3. The molecule has 0 spiro atoms. The van der Waals surface area contributed by atoms with Crippen LogP contribution in [0, 0.1) is 0 Å². The van der Waals surface area contributed by atoms with Crippen molar-refractivity contribution in [2.45, 2.75) is 13.0 Å². The molecule has 3 nitrogen and oxygen atoms in total. The van der Waals surface area contributed by atoms with E-state index in [0.717, 1.165) is 22.0 Å². The van der Waals surface area contributed by atoms with Crippen molar-refractivity contribution in [3.63, 3.8) is 0 Å². The van der Waals surface area contributed by atoms with Gasteiger partial charge in [0.25, 0.3) is 0 Å². The quantitative estimate of drug-likeness (QED) is 0.702. The number of fused-ring (bicyclic) bond motifs is 1. The Morgan fingerprint density at radius 3 is 2.43 bits per heavy atom. The maximum absolute atomic E-state index is 12.4. The molecule has 0 fully saturated rings. The standard InChI is InChI=1S/C20H19NO2/c1-2-23-20(22)19(16-10-4-3-5-11-16)21-18-14-8-12-15-9-6-7-13-17(15)18/h3-14,19,21H,2H2,1H3/t19-/m1/s1. The number of ether oxygens (including phenoxy) is 1. The summed E-state index contributed by atoms with van der Waals surface area (Å²) in [6, 6.07) is 23.2. The van der Waals surface area contributed by atoms with E-state index in [1.165, 1.54) is 0 Å². The van der Waals surface area contributed by atoms with Gasteiger partial charge < -0.3 is 10.1 Å². The summed E-state index contributed by atoms with van der Waals surface area (Å²) in [7, 11) is 0. The van der Waals surface area contributed by atoms with Gasteiger partial charge in [-0.05, 0) is 23.9 Å². The van der Waals surface area contributed by atoms with Crippen LogP contribution in [-0.2, 0) is 9.53 Å². The van der Waals surface area contributed by atoms with Crippen LogP contribution in [0.15, 0.2) is 72.8 Å². The molecule has 0 aliphatic heterocycles. The minimum absolute atomic E-state index is 0.272. The highest BCUT2D eigenvalue weighted by atomic mass is 16.5. The summed E-state index contributed by atoms with van der Waals surface area (Å²) < 4.78 is 5.24. The summed E-state index contributed by atoms with van der Waals surface area (Å²) in [5, 5.41) is 5.56. The number of esters is 1. The fraction of sp³-hybridized carbons (Fsp3) is 0.150. The van der Waals surface area contributed by atoms with Crippen molar-refractivity contribution in [3.8, 4) is 0 Å². The lowest BCUT2D eigenvalue weighted by Crippen LogP contribution is -2.23. The van der Waals surface area contributed by atoms with E-state index < -0.39 is 6.04 Å². The van der Waals surface area contributed by atoms with Crippen molar-refractivity contribution < 1.29 is 9.53 Å². The van der Waals surface area contributed by atoms with Gasteiger partial charge >= 0.3 is 5.97 Å². The van der Waals surface area contributed by atoms with Gasteiger partial charge in [-0.2, -0.15) is 0 Å². The Balaban J connectivity index is 1.99. The predicted molar refractivity (Wildman–Crippen MR) is 93.4 cm³/mol. The molecule has 0 amide bonds. The average Bonchev–Trinajstić information content (AvgIpc) is 2.60. The highest BCUT2D eigenvalue weighted by molar-refractivity contribution is 5.95. The molecule has 0 saturated carbocycles. The fourth-order valence-electron chi connectivity index (χ4n) is 2.66. The van der Waals surface area contributed by atoms with E-state index in [9.17, 15) is 4.79 Å². The van der Waals surface area contributed by atoms with Gasteiger partial charge in [0, 0.05) is 11.1 Å². The van der Waals surface area contributed by atoms with E-state index in [-0.39, 0.29) is 5.97 Å². The van der Waals surface area contributed by atoms with Gasteiger partial charge in [0.15, 0.2) is 6.04 Å². The molecule has 3 heteroatoms. The topological polar surface area (TPSA) is 38.3 Å². The Hall–Kier alpha value is -2.81. The highest BCUT2D eigenvalue weighted by Crippen LogP contribution is 2.27. The number of carbonyl (C=O) groups excluding carboxylic acids is 1. The molecule has 1 atom stereocenters. The highest BCUT2D eigenvalue weighted by Gasteiger charge is 2.22. The molecular formula is C20H19NO2. The molecular weight excluding hydrogens is 286 g/mol. The van der Waals surface area contributed by atoms with Crippen molar-refractivity contribution >= 4 is 22.4 Å². The second-order valence-corrected chi connectivity index (χ2v) is 5.27. The molecule has 0 radical (unpaired) electrons. The lowest BCUT2D eigenvalue weighted by atomic mass is 10.0. The third-order valence-corrected chi connectivity index (χ3v) is 3.74. The van der Waals surface area contributed by atoms with Crippen LogP contribution >= 0.6 is 0 Å². The van der Waals surface area contributed by atoms with Crippen LogP contribution in [-0.4, -0.2) is 12.6 Å². The second-order valence-electron chi connectivity index (χ2n) is 5.27. The molecule has 0 bridgehead atoms. The number of rotatable bonds is 5. The SMILES string of the molecule is CCOC(=O)[C@H](Nc1cccc2ccccc12)c1ccccc1. The third kappa shape index (κ3) is 3.34. The van der Waals surface area contributed by atoms with Gasteiger partial charge in [-0.1, -0.05) is 66.7 Å². The molecule has 0 unspecified atom stereocenters. The average molecular weight is 305 g/mol. The molecule has 3 aromatic rings. The lowest BCUT2D eigenvalue weighted by Gasteiger charge is -2.20. The first-order chi connectivity index (χ1) is 11.3. The Morgan fingerprint density at radius 1 is 0.957 bits per heavy atom. The zero-order valence-corrected chi connectivity index (χ0v) is 13.0. The van der Waals surface area contributed by atoms with Gasteiger partial charge in [-0.25, -0.2) is 4.79 Å². The fourth-order valence-corrected chi connectivity index (χ4v) is 2.66. The minimum Gasteiger partial charge on any atom is -0.464 e. The maximum Gasteiger partial charge on any atom is 0.333 e. The van der Waals surface area contributed by atoms with E-state index in [2.05, 4.69) is 17.4 Å². The van der Waals surface area contributed by atoms with Crippen LogP contribution in [0.2, 0.25) is 0 Å². The summed E-state index contributed by atoms with van der Waals surface area (Å²) in [5.74, 6) is -0.272. The van der Waals surface area contributed by atoms with Crippen LogP contribution < -0.4 is 5.32 Å². The molecule has 3 rings (SSSR count). The minimum atomic E-state index is -0.526. The third-order valence-electron chi connectivity index (χ3n) is 3.74. The summed E-state index contributed by atoms with van der Waals surface area (Å²) >= 11 is 0. The molecule has 1 N–H and O–H groups in total. The molecule has 0 heterocycles. The van der Waals surface area contributed by atoms with Crippen LogP contribution in [0.25, 0.3) is 10.8 Å². The smallest absolute Gasteiger partial charge is 0.333 e. The maximum atomic E-state index is 12.4. The first-order valence-corrected chi connectivity index (χ1v) is 7.75. The van der Waals surface area contributed by atoms with Crippen molar-refractivity contribution in [3.05, 3.63) is 78.4 Å². The largest absolute Gasteiger partial charge is 0.464 e. The summed E-state index contributed by atoms with van der Waals surface area (Å²) in [4.78, 5) is 12.4. The number of hydrogen-bond donors (Lipinski definition) is 1. The van der Waals surface area contributed by atoms with Crippen LogP contribution in [0.3, 0.4) is 0 Å². The lowest BCUT2D eigenvalue weighted by molar-refractivity contribution is -0.144. The number of nitrogens with one attached hydrogen (secondary N) is 1. The van der Waals surface area contributed by atoms with E-state index in [0.29, 0.717) is 6.61 Å². The molecule has 0 saturated heterocycles. The first-order valence-electron chi connectivity index (χ1n) is 7.75. The van der Waals surface area contributed by atoms with Crippen LogP contribution in [0.1, 0.15) is 18.5 Å². The van der Waals surface area contributed by atoms with E-state index >= 15 is 0 Å². The van der Waals surface area contributed by atoms with Gasteiger partial charge in [-0.3, -0.25) is 0 Å². The van der Waals surface area contributed by atoms with Gasteiger partial charge in [0.2, 0.25) is 0 Å². The zero-order chi connectivity index (χ0) is 16.1. The summed E-state index contributed by atoms with van der Waals surface area (Å²) in [6.07, 6.45) is 0. The van der Waals surface area contributed by atoms with Crippen molar-refractivity contribution in [1.29, 1.82) is 0 Å². The Labute approximate surface area is 135 Å². The van der Waals surface area contributed by atoms with E-state index in [1.54, 1.807) is 0 Å². The van der Waals surface area contributed by atoms with Gasteiger partial charge in [0.1, 0.15) is 0 Å². The van der Waals surface area contributed by atoms with Gasteiger partial charge in [-0.15, -0.1) is 0 Å². The normalized spacial score (nSPS) is 11.9. The number of benzene rings is 3. The molecule has 116 valence electrons. The molecule has 0 aliphatic rings. The Bertz CT molecular complexity index is 794. The first kappa shape index (κ1) is 15.1. The van der Waals surface area contributed by atoms with E-state index in [4.69, 9.17) is 4.74 Å². The van der Waals surface area contributed by atoms with Crippen molar-refractivity contribution in [2.24, 2.45) is 0 Å². The van der Waals surface area contributed by atoms with Crippen LogP contribution in [0.5, 0.6) is 0 Å². The Morgan fingerprint density at radius 2 is 1.65 bits per heavy atom. The second kappa shape index (κ2) is 6.97. The molecule has 0 aliphatic carbocycles. The number of carbonyl (C=O) groups is 1.